The van der Waals surface area contributed by atoms with Crippen molar-refractivity contribution in [3.05, 3.63) is 36.4 Å². The molecule has 4 heteroatoms. The molecular weight excluding hydrogens is 266 g/mol. The lowest BCUT2D eigenvalue weighted by Gasteiger charge is -2.09. The summed E-state index contributed by atoms with van der Waals surface area (Å²) in [6, 6.07) is 12.2. The van der Waals surface area contributed by atoms with Crippen LogP contribution in [0, 0.1) is 0 Å². The Morgan fingerprint density at radius 2 is 1.85 bits per heavy atom. The second-order valence-electron chi connectivity index (χ2n) is 4.56. The number of benzene rings is 1. The lowest BCUT2D eigenvalue weighted by Crippen LogP contribution is -2.04. The monoisotopic (exact) mass is 287 g/mol. The first-order valence-corrected chi connectivity index (χ1v) is 8.13. The molecule has 2 aromatic rings. The van der Waals surface area contributed by atoms with E-state index in [0.717, 1.165) is 47.4 Å². The van der Waals surface area contributed by atoms with Gasteiger partial charge in [-0.25, -0.2) is 9.97 Å². The topological polar surface area (TPSA) is 37.8 Å². The van der Waals surface area contributed by atoms with E-state index in [1.54, 1.807) is 11.8 Å². The van der Waals surface area contributed by atoms with Gasteiger partial charge in [0.1, 0.15) is 10.8 Å². The van der Waals surface area contributed by atoms with Crippen LogP contribution in [-0.2, 0) is 0 Å². The van der Waals surface area contributed by atoms with Crippen LogP contribution < -0.4 is 5.32 Å². The van der Waals surface area contributed by atoms with E-state index >= 15 is 0 Å². The first-order valence-electron chi connectivity index (χ1n) is 7.14. The SMILES string of the molecule is CCCNc1cc(SCCC)nc(-c2ccccc2)n1. The summed E-state index contributed by atoms with van der Waals surface area (Å²) in [5.74, 6) is 2.79. The van der Waals surface area contributed by atoms with Gasteiger partial charge in [-0.3, -0.25) is 0 Å². The lowest BCUT2D eigenvalue weighted by atomic mass is 10.2. The van der Waals surface area contributed by atoms with Crippen molar-refractivity contribution in [2.75, 3.05) is 17.6 Å². The van der Waals surface area contributed by atoms with Crippen molar-refractivity contribution in [3.63, 3.8) is 0 Å². The maximum atomic E-state index is 4.66. The molecular formula is C16H21N3S. The molecule has 3 nitrogen and oxygen atoms in total. The van der Waals surface area contributed by atoms with Gasteiger partial charge >= 0.3 is 0 Å². The lowest BCUT2D eigenvalue weighted by molar-refractivity contribution is 0.955. The Labute approximate surface area is 125 Å². The molecule has 0 amide bonds. The van der Waals surface area contributed by atoms with Crippen molar-refractivity contribution in [2.45, 2.75) is 31.7 Å². The average molecular weight is 287 g/mol. The molecule has 0 atom stereocenters. The minimum atomic E-state index is 0.797. The highest BCUT2D eigenvalue weighted by atomic mass is 32.2. The van der Waals surface area contributed by atoms with Crippen LogP contribution in [0.1, 0.15) is 26.7 Å². The summed E-state index contributed by atoms with van der Waals surface area (Å²) < 4.78 is 0. The highest BCUT2D eigenvalue weighted by molar-refractivity contribution is 7.99. The Balaban J connectivity index is 2.29. The molecule has 0 bridgehead atoms. The molecule has 0 unspecified atom stereocenters. The summed E-state index contributed by atoms with van der Waals surface area (Å²) in [5, 5.41) is 4.40. The molecule has 1 heterocycles. The van der Waals surface area contributed by atoms with E-state index in [2.05, 4.69) is 29.1 Å². The molecule has 0 aliphatic heterocycles. The van der Waals surface area contributed by atoms with Crippen molar-refractivity contribution in [2.24, 2.45) is 0 Å². The minimum absolute atomic E-state index is 0.797. The van der Waals surface area contributed by atoms with Crippen LogP contribution in [0.15, 0.2) is 41.4 Å². The van der Waals surface area contributed by atoms with E-state index in [4.69, 9.17) is 0 Å². The van der Waals surface area contributed by atoms with E-state index in [1.807, 2.05) is 36.4 Å². The second-order valence-corrected chi connectivity index (χ2v) is 5.67. The van der Waals surface area contributed by atoms with E-state index in [-0.39, 0.29) is 0 Å². The van der Waals surface area contributed by atoms with Gasteiger partial charge in [0.05, 0.1) is 0 Å². The fourth-order valence-electron chi connectivity index (χ4n) is 1.77. The number of aromatic nitrogens is 2. The summed E-state index contributed by atoms with van der Waals surface area (Å²) in [6.07, 6.45) is 2.23. The van der Waals surface area contributed by atoms with Gasteiger partial charge < -0.3 is 5.32 Å². The van der Waals surface area contributed by atoms with Crippen molar-refractivity contribution in [1.29, 1.82) is 0 Å². The van der Waals surface area contributed by atoms with Gasteiger partial charge in [-0.05, 0) is 18.6 Å². The predicted molar refractivity (Wildman–Crippen MR) is 87.3 cm³/mol. The zero-order valence-corrected chi connectivity index (χ0v) is 12.9. The van der Waals surface area contributed by atoms with Crippen LogP contribution >= 0.6 is 11.8 Å². The molecule has 20 heavy (non-hydrogen) atoms. The highest BCUT2D eigenvalue weighted by Gasteiger charge is 2.06. The third kappa shape index (κ3) is 4.23. The maximum Gasteiger partial charge on any atom is 0.162 e. The number of hydrogen-bond donors (Lipinski definition) is 1. The van der Waals surface area contributed by atoms with Crippen LogP contribution in [0.4, 0.5) is 5.82 Å². The Kier molecular flexibility index (Phi) is 5.87. The Bertz CT molecular complexity index is 502. The summed E-state index contributed by atoms with van der Waals surface area (Å²) in [5.41, 5.74) is 1.06. The van der Waals surface area contributed by atoms with E-state index < -0.39 is 0 Å². The molecule has 0 aliphatic carbocycles. The van der Waals surface area contributed by atoms with Crippen LogP contribution in [0.3, 0.4) is 0 Å². The molecule has 0 aliphatic rings. The minimum Gasteiger partial charge on any atom is -0.370 e. The highest BCUT2D eigenvalue weighted by Crippen LogP contribution is 2.24. The van der Waals surface area contributed by atoms with Gasteiger partial charge in [0, 0.05) is 18.2 Å². The van der Waals surface area contributed by atoms with Gasteiger partial charge in [0.25, 0.3) is 0 Å². The standard InChI is InChI=1S/C16H21N3S/c1-3-10-17-14-12-15(20-11-4-2)19-16(18-14)13-8-6-5-7-9-13/h5-9,12H,3-4,10-11H2,1-2H3,(H,17,18,19). The quantitative estimate of drug-likeness (QED) is 0.602. The van der Waals surface area contributed by atoms with Crippen LogP contribution in [0.2, 0.25) is 0 Å². The number of anilines is 1. The molecule has 1 N–H and O–H groups in total. The molecule has 1 aromatic heterocycles. The molecule has 106 valence electrons. The van der Waals surface area contributed by atoms with Gasteiger partial charge in [0.2, 0.25) is 0 Å². The molecule has 0 saturated heterocycles. The predicted octanol–water partition coefficient (Wildman–Crippen LogP) is 4.47. The first-order chi connectivity index (χ1) is 9.83. The Morgan fingerprint density at radius 1 is 1.05 bits per heavy atom. The largest absolute Gasteiger partial charge is 0.370 e. The van der Waals surface area contributed by atoms with Gasteiger partial charge in [-0.15, -0.1) is 11.8 Å². The van der Waals surface area contributed by atoms with E-state index in [1.165, 1.54) is 0 Å². The van der Waals surface area contributed by atoms with Crippen molar-refractivity contribution >= 4 is 17.6 Å². The second kappa shape index (κ2) is 7.90. The maximum absolute atomic E-state index is 4.66. The Hall–Kier alpha value is -1.55. The smallest absolute Gasteiger partial charge is 0.162 e. The van der Waals surface area contributed by atoms with Gasteiger partial charge in [-0.2, -0.15) is 0 Å². The fourth-order valence-corrected chi connectivity index (χ4v) is 2.52. The normalized spacial score (nSPS) is 10.5. The zero-order chi connectivity index (χ0) is 14.2. The van der Waals surface area contributed by atoms with E-state index in [9.17, 15) is 0 Å². The summed E-state index contributed by atoms with van der Waals surface area (Å²) in [6.45, 7) is 5.27. The van der Waals surface area contributed by atoms with Crippen molar-refractivity contribution in [1.82, 2.24) is 9.97 Å². The Morgan fingerprint density at radius 3 is 2.55 bits per heavy atom. The van der Waals surface area contributed by atoms with Crippen LogP contribution in [-0.4, -0.2) is 22.3 Å². The third-order valence-electron chi connectivity index (χ3n) is 2.74. The number of thioether (sulfide) groups is 1. The number of nitrogens with one attached hydrogen (secondary N) is 1. The number of rotatable bonds is 7. The molecule has 2 rings (SSSR count). The summed E-state index contributed by atoms with van der Waals surface area (Å²) in [4.78, 5) is 9.27. The molecule has 0 saturated carbocycles. The summed E-state index contributed by atoms with van der Waals surface area (Å²) in [7, 11) is 0. The van der Waals surface area contributed by atoms with Crippen molar-refractivity contribution in [3.8, 4) is 11.4 Å². The zero-order valence-electron chi connectivity index (χ0n) is 12.1. The van der Waals surface area contributed by atoms with Crippen molar-refractivity contribution < 1.29 is 0 Å². The molecule has 0 spiro atoms. The molecule has 0 fully saturated rings. The van der Waals surface area contributed by atoms with E-state index in [0.29, 0.717) is 0 Å². The average Bonchev–Trinajstić information content (AvgIpc) is 2.51. The number of nitrogens with zero attached hydrogens (tertiary/aromatic N) is 2. The van der Waals surface area contributed by atoms with Crippen LogP contribution in [0.5, 0.6) is 0 Å². The van der Waals surface area contributed by atoms with Gasteiger partial charge in [0.15, 0.2) is 5.82 Å². The number of hydrogen-bond acceptors (Lipinski definition) is 4. The molecule has 0 radical (unpaired) electrons. The fraction of sp³-hybridized carbons (Fsp3) is 0.375. The third-order valence-corrected chi connectivity index (χ3v) is 3.86. The van der Waals surface area contributed by atoms with Gasteiger partial charge in [-0.1, -0.05) is 44.2 Å². The molecule has 1 aromatic carbocycles. The first kappa shape index (κ1) is 14.9. The van der Waals surface area contributed by atoms with Crippen LogP contribution in [0.25, 0.3) is 11.4 Å². The summed E-state index contributed by atoms with van der Waals surface area (Å²) >= 11 is 1.79.